The predicted octanol–water partition coefficient (Wildman–Crippen LogP) is 4.92. The Morgan fingerprint density at radius 1 is 0.941 bits per heavy atom. The number of benzene rings is 1. The average molecular weight is 239 g/mol. The summed E-state index contributed by atoms with van der Waals surface area (Å²) in [7, 11) is 0. The quantitative estimate of drug-likeness (QED) is 0.695. The van der Waals surface area contributed by atoms with Crippen LogP contribution < -0.4 is 5.32 Å². The molecule has 0 aromatic heterocycles. The molecule has 1 nitrogen and oxygen atoms in total. The molecule has 1 rings (SSSR count). The summed E-state index contributed by atoms with van der Waals surface area (Å²) in [6, 6.07) is 10.6. The van der Waals surface area contributed by atoms with E-state index in [0.717, 1.165) is 19.5 Å². The second kappa shape index (κ2) is 17.6. The van der Waals surface area contributed by atoms with Crippen molar-refractivity contribution in [3.05, 3.63) is 35.9 Å². The van der Waals surface area contributed by atoms with Gasteiger partial charge in [0.25, 0.3) is 0 Å². The van der Waals surface area contributed by atoms with Crippen molar-refractivity contribution in [3.63, 3.8) is 0 Å². The van der Waals surface area contributed by atoms with Gasteiger partial charge in [0.05, 0.1) is 0 Å². The summed E-state index contributed by atoms with van der Waals surface area (Å²) < 4.78 is 0. The van der Waals surface area contributed by atoms with Gasteiger partial charge in [-0.15, -0.1) is 0 Å². The van der Waals surface area contributed by atoms with Gasteiger partial charge in [-0.05, 0) is 31.5 Å². The second-order valence-corrected chi connectivity index (χ2v) is 3.34. The lowest BCUT2D eigenvalue weighted by atomic mass is 10.1. The zero-order chi connectivity index (χ0) is 13.4. The summed E-state index contributed by atoms with van der Waals surface area (Å²) in [4.78, 5) is 0. The highest BCUT2D eigenvalue weighted by atomic mass is 14.8. The summed E-state index contributed by atoms with van der Waals surface area (Å²) in [5.74, 6) is 0. The predicted molar refractivity (Wildman–Crippen MR) is 82.7 cm³/mol. The highest BCUT2D eigenvalue weighted by Crippen LogP contribution is 1.97. The van der Waals surface area contributed by atoms with Gasteiger partial charge in [-0.25, -0.2) is 0 Å². The van der Waals surface area contributed by atoms with Crippen molar-refractivity contribution in [2.45, 2.75) is 53.9 Å². The maximum atomic E-state index is 3.43. The first-order chi connectivity index (χ1) is 8.43. The monoisotopic (exact) mass is 239 g/mol. The Balaban J connectivity index is -0.000000409. The van der Waals surface area contributed by atoms with Crippen LogP contribution in [0.25, 0.3) is 0 Å². The van der Waals surface area contributed by atoms with Gasteiger partial charge in [0.1, 0.15) is 0 Å². The molecule has 102 valence electrons. The van der Waals surface area contributed by atoms with E-state index in [1.165, 1.54) is 18.4 Å². The Hall–Kier alpha value is -0.820. The molecule has 1 aromatic rings. The van der Waals surface area contributed by atoms with Gasteiger partial charge >= 0.3 is 0 Å². The Labute approximate surface area is 110 Å². The van der Waals surface area contributed by atoms with Crippen LogP contribution in [-0.2, 0) is 6.42 Å². The number of rotatable bonds is 6. The molecular formula is C16H33N. The first-order valence-electron chi connectivity index (χ1n) is 7.18. The molecular weight excluding hydrogens is 206 g/mol. The van der Waals surface area contributed by atoms with E-state index in [1.807, 2.05) is 27.7 Å². The molecule has 1 N–H and O–H groups in total. The summed E-state index contributed by atoms with van der Waals surface area (Å²) in [5, 5.41) is 3.43. The third kappa shape index (κ3) is 13.1. The van der Waals surface area contributed by atoms with Crippen LogP contribution in [0.3, 0.4) is 0 Å². The van der Waals surface area contributed by atoms with Gasteiger partial charge in [0.15, 0.2) is 0 Å². The van der Waals surface area contributed by atoms with E-state index in [9.17, 15) is 0 Å². The van der Waals surface area contributed by atoms with Crippen LogP contribution in [0.4, 0.5) is 0 Å². The normalized spacial score (nSPS) is 8.53. The number of nitrogens with one attached hydrogen (secondary N) is 1. The molecule has 0 fully saturated rings. The van der Waals surface area contributed by atoms with Crippen molar-refractivity contribution < 1.29 is 1.43 Å². The largest absolute Gasteiger partial charge is 0.316 e. The lowest BCUT2D eigenvalue weighted by molar-refractivity contribution is 0.640. The summed E-state index contributed by atoms with van der Waals surface area (Å²) in [5.41, 5.74) is 1.42. The fraction of sp³-hybridized carbons (Fsp3) is 0.625. The minimum Gasteiger partial charge on any atom is -0.316 e. The fourth-order valence-corrected chi connectivity index (χ4v) is 1.30. The molecule has 1 heteroatoms. The molecule has 0 amide bonds. The molecule has 17 heavy (non-hydrogen) atoms. The first-order valence-corrected chi connectivity index (χ1v) is 7.18. The fourth-order valence-electron chi connectivity index (χ4n) is 1.30. The SMILES string of the molecule is CC.CC.CCCCNCCc1ccccc1.[HH]. The van der Waals surface area contributed by atoms with E-state index in [2.05, 4.69) is 42.6 Å². The maximum Gasteiger partial charge on any atom is 0 e. The lowest BCUT2D eigenvalue weighted by Crippen LogP contribution is -2.18. The van der Waals surface area contributed by atoms with Crippen LogP contribution >= 0.6 is 0 Å². The van der Waals surface area contributed by atoms with Gasteiger partial charge in [0, 0.05) is 1.43 Å². The van der Waals surface area contributed by atoms with E-state index in [4.69, 9.17) is 0 Å². The summed E-state index contributed by atoms with van der Waals surface area (Å²) in [6.07, 6.45) is 3.71. The Bertz CT molecular complexity index is 212. The maximum absolute atomic E-state index is 3.43. The van der Waals surface area contributed by atoms with E-state index < -0.39 is 0 Å². The third-order valence-corrected chi connectivity index (χ3v) is 2.14. The van der Waals surface area contributed by atoms with Crippen LogP contribution in [-0.4, -0.2) is 13.1 Å². The molecule has 0 aliphatic heterocycles. The molecule has 0 radical (unpaired) electrons. The number of unbranched alkanes of at least 4 members (excludes halogenated alkanes) is 1. The first kappa shape index (κ1) is 18.5. The molecule has 1 aromatic carbocycles. The molecule has 0 unspecified atom stereocenters. The highest BCUT2D eigenvalue weighted by molar-refractivity contribution is 5.14. The van der Waals surface area contributed by atoms with E-state index in [0.29, 0.717) is 0 Å². The van der Waals surface area contributed by atoms with Gasteiger partial charge in [-0.3, -0.25) is 0 Å². The minimum absolute atomic E-state index is 0. The van der Waals surface area contributed by atoms with Gasteiger partial charge in [-0.1, -0.05) is 71.4 Å². The Morgan fingerprint density at radius 2 is 1.53 bits per heavy atom. The second-order valence-electron chi connectivity index (χ2n) is 3.34. The Morgan fingerprint density at radius 3 is 2.06 bits per heavy atom. The molecule has 0 aliphatic carbocycles. The number of hydrogen-bond acceptors (Lipinski definition) is 1. The average Bonchev–Trinajstić information content (AvgIpc) is 2.44. The van der Waals surface area contributed by atoms with Gasteiger partial charge in [0.2, 0.25) is 0 Å². The van der Waals surface area contributed by atoms with Crippen molar-refractivity contribution in [3.8, 4) is 0 Å². The van der Waals surface area contributed by atoms with Crippen molar-refractivity contribution >= 4 is 0 Å². The van der Waals surface area contributed by atoms with Crippen molar-refractivity contribution in [1.82, 2.24) is 5.32 Å². The van der Waals surface area contributed by atoms with E-state index >= 15 is 0 Å². The molecule has 0 saturated carbocycles. The van der Waals surface area contributed by atoms with E-state index in [-0.39, 0.29) is 1.43 Å². The Kier molecular flexibility index (Phi) is 19.2. The molecule has 0 saturated heterocycles. The molecule has 0 bridgehead atoms. The van der Waals surface area contributed by atoms with Crippen LogP contribution in [0, 0.1) is 0 Å². The standard InChI is InChI=1S/C12H19N.2C2H6.H2/c1-2-3-10-13-11-9-12-7-5-4-6-8-12;2*1-2;/h4-8,13H,2-3,9-11H2,1H3;2*1-2H3;1H. The topological polar surface area (TPSA) is 12.0 Å². The summed E-state index contributed by atoms with van der Waals surface area (Å²) in [6.45, 7) is 12.5. The van der Waals surface area contributed by atoms with Crippen LogP contribution in [0.5, 0.6) is 0 Å². The van der Waals surface area contributed by atoms with E-state index in [1.54, 1.807) is 0 Å². The summed E-state index contributed by atoms with van der Waals surface area (Å²) >= 11 is 0. The highest BCUT2D eigenvalue weighted by Gasteiger charge is 1.90. The lowest BCUT2D eigenvalue weighted by Gasteiger charge is -2.03. The zero-order valence-corrected chi connectivity index (χ0v) is 12.4. The van der Waals surface area contributed by atoms with Crippen LogP contribution in [0.1, 0.15) is 54.5 Å². The minimum atomic E-state index is 0. The molecule has 0 spiro atoms. The molecule has 0 atom stereocenters. The van der Waals surface area contributed by atoms with Crippen LogP contribution in [0.2, 0.25) is 0 Å². The van der Waals surface area contributed by atoms with Crippen molar-refractivity contribution in [2.75, 3.05) is 13.1 Å². The van der Waals surface area contributed by atoms with Crippen molar-refractivity contribution in [1.29, 1.82) is 0 Å². The van der Waals surface area contributed by atoms with Gasteiger partial charge < -0.3 is 5.32 Å². The molecule has 0 heterocycles. The third-order valence-electron chi connectivity index (χ3n) is 2.14. The smallest absolute Gasteiger partial charge is 0 e. The zero-order valence-electron chi connectivity index (χ0n) is 12.4. The van der Waals surface area contributed by atoms with Crippen LogP contribution in [0.15, 0.2) is 30.3 Å². The van der Waals surface area contributed by atoms with Crippen molar-refractivity contribution in [2.24, 2.45) is 0 Å². The molecule has 0 aliphatic rings. The number of hydrogen-bond donors (Lipinski definition) is 1. The van der Waals surface area contributed by atoms with Gasteiger partial charge in [-0.2, -0.15) is 0 Å².